The Kier molecular flexibility index (Phi) is 5.98. The number of nitrogens with one attached hydrogen (secondary N) is 1. The van der Waals surface area contributed by atoms with Gasteiger partial charge < -0.3 is 10.1 Å². The molecule has 1 N–H and O–H groups in total. The summed E-state index contributed by atoms with van der Waals surface area (Å²) in [5.74, 6) is -0.196. The number of rotatable bonds is 7. The number of aromatic nitrogens is 2. The van der Waals surface area contributed by atoms with E-state index >= 15 is 0 Å². The molecule has 1 aromatic heterocycles. The van der Waals surface area contributed by atoms with Gasteiger partial charge in [-0.1, -0.05) is 41.9 Å². The van der Waals surface area contributed by atoms with Crippen LogP contribution in [-0.4, -0.2) is 28.8 Å². The highest BCUT2D eigenvalue weighted by Crippen LogP contribution is 2.18. The summed E-state index contributed by atoms with van der Waals surface area (Å²) in [4.78, 5) is 12.1. The Morgan fingerprint density at radius 3 is 2.73 bits per heavy atom. The van der Waals surface area contributed by atoms with Gasteiger partial charge in [0.2, 0.25) is 0 Å². The number of hydrogen-bond acceptors (Lipinski definition) is 3. The average Bonchev–Trinajstić information content (AvgIpc) is 2.76. The van der Waals surface area contributed by atoms with Crippen molar-refractivity contribution in [2.45, 2.75) is 20.0 Å². The molecule has 0 aliphatic carbocycles. The van der Waals surface area contributed by atoms with Crippen LogP contribution in [0.25, 0.3) is 0 Å². The minimum absolute atomic E-state index is 0.196. The van der Waals surface area contributed by atoms with Gasteiger partial charge in [-0.2, -0.15) is 5.10 Å². The fourth-order valence-corrected chi connectivity index (χ4v) is 2.38. The lowest BCUT2D eigenvalue weighted by Gasteiger charge is -2.06. The fourth-order valence-electron chi connectivity index (χ4n) is 2.12. The zero-order chi connectivity index (χ0) is 15.9. The van der Waals surface area contributed by atoms with Gasteiger partial charge in [-0.15, -0.1) is 0 Å². The molecule has 0 saturated heterocycles. The summed E-state index contributed by atoms with van der Waals surface area (Å²) in [6.45, 7) is 3.49. The number of carbonyl (C=O) groups is 1. The van der Waals surface area contributed by atoms with Crippen LogP contribution in [0.15, 0.2) is 30.3 Å². The van der Waals surface area contributed by atoms with E-state index in [1.54, 1.807) is 14.0 Å². The Morgan fingerprint density at radius 2 is 2.09 bits per heavy atom. The predicted octanol–water partition coefficient (Wildman–Crippen LogP) is 2.72. The van der Waals surface area contributed by atoms with Crippen LogP contribution in [-0.2, 0) is 18.4 Å². The van der Waals surface area contributed by atoms with Gasteiger partial charge in [-0.3, -0.25) is 9.48 Å². The molecule has 5 nitrogen and oxygen atoms in total. The maximum Gasteiger partial charge on any atom is 0.256 e. The molecule has 0 unspecified atom stereocenters. The van der Waals surface area contributed by atoms with Crippen molar-refractivity contribution in [2.24, 2.45) is 7.05 Å². The third-order valence-corrected chi connectivity index (χ3v) is 3.68. The first-order valence-electron chi connectivity index (χ1n) is 7.18. The predicted molar refractivity (Wildman–Crippen MR) is 86.0 cm³/mol. The van der Waals surface area contributed by atoms with Crippen molar-refractivity contribution in [1.82, 2.24) is 15.1 Å². The number of ether oxygens (including phenoxy) is 1. The first-order chi connectivity index (χ1) is 10.6. The normalized spacial score (nSPS) is 10.7. The zero-order valence-electron chi connectivity index (χ0n) is 12.8. The zero-order valence-corrected chi connectivity index (χ0v) is 13.6. The molecule has 2 rings (SSSR count). The molecule has 118 valence electrons. The average molecular weight is 322 g/mol. The van der Waals surface area contributed by atoms with Gasteiger partial charge in [0.1, 0.15) is 5.15 Å². The maximum atomic E-state index is 12.1. The Bertz CT molecular complexity index is 626. The molecule has 0 spiro atoms. The molecule has 0 radical (unpaired) electrons. The molecule has 0 aliphatic heterocycles. The molecular weight excluding hydrogens is 302 g/mol. The quantitative estimate of drug-likeness (QED) is 0.798. The topological polar surface area (TPSA) is 56.2 Å². The third-order valence-electron chi connectivity index (χ3n) is 3.24. The number of hydrogen-bond donors (Lipinski definition) is 1. The number of halogens is 1. The first kappa shape index (κ1) is 16.5. The molecule has 0 bridgehead atoms. The van der Waals surface area contributed by atoms with Gasteiger partial charge in [-0.25, -0.2) is 0 Å². The second kappa shape index (κ2) is 7.96. The molecule has 2 aromatic rings. The summed E-state index contributed by atoms with van der Waals surface area (Å²) < 4.78 is 7.06. The van der Waals surface area contributed by atoms with Crippen molar-refractivity contribution in [1.29, 1.82) is 0 Å². The van der Waals surface area contributed by atoms with Crippen LogP contribution in [0, 0.1) is 6.92 Å². The standard InChI is InChI=1S/C16H20ClN3O2/c1-12-14(15(17)20(2)19-12)16(21)18-9-6-10-22-11-13-7-4-3-5-8-13/h3-5,7-8H,6,9-11H2,1-2H3,(H,18,21). The molecule has 0 saturated carbocycles. The monoisotopic (exact) mass is 321 g/mol. The Balaban J connectivity index is 1.67. The van der Waals surface area contributed by atoms with E-state index in [1.165, 1.54) is 4.68 Å². The third kappa shape index (κ3) is 4.32. The summed E-state index contributed by atoms with van der Waals surface area (Å²) in [6.07, 6.45) is 0.746. The number of nitrogens with zero attached hydrogens (tertiary/aromatic N) is 2. The minimum atomic E-state index is -0.196. The number of aryl methyl sites for hydroxylation is 2. The Morgan fingerprint density at radius 1 is 1.36 bits per heavy atom. The van der Waals surface area contributed by atoms with Gasteiger partial charge >= 0.3 is 0 Å². The van der Waals surface area contributed by atoms with Gasteiger partial charge in [0.25, 0.3) is 5.91 Å². The second-order valence-corrected chi connectivity index (χ2v) is 5.38. The highest BCUT2D eigenvalue weighted by molar-refractivity contribution is 6.33. The fraction of sp³-hybridized carbons (Fsp3) is 0.375. The van der Waals surface area contributed by atoms with Crippen molar-refractivity contribution in [3.63, 3.8) is 0 Å². The lowest BCUT2D eigenvalue weighted by Crippen LogP contribution is -2.25. The molecule has 0 fully saturated rings. The number of carbonyl (C=O) groups excluding carboxylic acids is 1. The SMILES string of the molecule is Cc1nn(C)c(Cl)c1C(=O)NCCCOCc1ccccc1. The highest BCUT2D eigenvalue weighted by Gasteiger charge is 2.18. The lowest BCUT2D eigenvalue weighted by molar-refractivity contribution is 0.0934. The molecule has 1 aromatic carbocycles. The van der Waals surface area contributed by atoms with E-state index in [0.29, 0.717) is 36.2 Å². The van der Waals surface area contributed by atoms with E-state index in [0.717, 1.165) is 12.0 Å². The van der Waals surface area contributed by atoms with E-state index in [-0.39, 0.29) is 5.91 Å². The summed E-state index contributed by atoms with van der Waals surface area (Å²) in [5.41, 5.74) is 2.21. The summed E-state index contributed by atoms with van der Waals surface area (Å²) >= 11 is 6.05. The first-order valence-corrected chi connectivity index (χ1v) is 7.56. The molecule has 22 heavy (non-hydrogen) atoms. The lowest BCUT2D eigenvalue weighted by atomic mass is 10.2. The maximum absolute atomic E-state index is 12.1. The number of benzene rings is 1. The van der Waals surface area contributed by atoms with Crippen LogP contribution in [0.1, 0.15) is 28.0 Å². The van der Waals surface area contributed by atoms with Crippen LogP contribution in [0.4, 0.5) is 0 Å². The smallest absolute Gasteiger partial charge is 0.256 e. The van der Waals surface area contributed by atoms with Gasteiger partial charge in [-0.05, 0) is 18.9 Å². The molecule has 1 amide bonds. The van der Waals surface area contributed by atoms with Crippen molar-refractivity contribution in [3.05, 3.63) is 52.3 Å². The van der Waals surface area contributed by atoms with E-state index in [9.17, 15) is 4.79 Å². The van der Waals surface area contributed by atoms with E-state index in [1.807, 2.05) is 30.3 Å². The van der Waals surface area contributed by atoms with E-state index in [2.05, 4.69) is 10.4 Å². The second-order valence-electron chi connectivity index (χ2n) is 5.02. The largest absolute Gasteiger partial charge is 0.377 e. The van der Waals surface area contributed by atoms with E-state index in [4.69, 9.17) is 16.3 Å². The molecule has 1 heterocycles. The minimum Gasteiger partial charge on any atom is -0.377 e. The van der Waals surface area contributed by atoms with Crippen molar-refractivity contribution in [2.75, 3.05) is 13.2 Å². The van der Waals surface area contributed by atoms with Gasteiger partial charge in [0.05, 0.1) is 17.9 Å². The van der Waals surface area contributed by atoms with Crippen LogP contribution in [0.3, 0.4) is 0 Å². The Hall–Kier alpha value is -1.85. The van der Waals surface area contributed by atoms with Gasteiger partial charge in [0, 0.05) is 20.2 Å². The Labute approximate surface area is 135 Å². The van der Waals surface area contributed by atoms with Crippen LogP contribution < -0.4 is 5.32 Å². The van der Waals surface area contributed by atoms with Crippen LogP contribution in [0.5, 0.6) is 0 Å². The molecular formula is C16H20ClN3O2. The summed E-state index contributed by atoms with van der Waals surface area (Å²) in [5, 5.41) is 7.31. The van der Waals surface area contributed by atoms with Crippen LogP contribution in [0.2, 0.25) is 5.15 Å². The van der Waals surface area contributed by atoms with E-state index < -0.39 is 0 Å². The van der Waals surface area contributed by atoms with Crippen LogP contribution >= 0.6 is 11.6 Å². The summed E-state index contributed by atoms with van der Waals surface area (Å²) in [6, 6.07) is 9.99. The van der Waals surface area contributed by atoms with Crippen molar-refractivity contribution >= 4 is 17.5 Å². The molecule has 0 aliphatic rings. The van der Waals surface area contributed by atoms with Gasteiger partial charge in [0.15, 0.2) is 0 Å². The van der Waals surface area contributed by atoms with Crippen molar-refractivity contribution < 1.29 is 9.53 Å². The molecule has 0 atom stereocenters. The van der Waals surface area contributed by atoms with Crippen molar-refractivity contribution in [3.8, 4) is 0 Å². The highest BCUT2D eigenvalue weighted by atomic mass is 35.5. The summed E-state index contributed by atoms with van der Waals surface area (Å²) in [7, 11) is 1.71. The number of amides is 1. The molecule has 6 heteroatoms.